The van der Waals surface area contributed by atoms with E-state index >= 15 is 0 Å². The Balaban J connectivity index is 2.56. The zero-order chi connectivity index (χ0) is 9.68. The van der Waals surface area contributed by atoms with Gasteiger partial charge in [-0.3, -0.25) is 0 Å². The van der Waals surface area contributed by atoms with Gasteiger partial charge in [0.2, 0.25) is 0 Å². The van der Waals surface area contributed by atoms with E-state index in [9.17, 15) is 0 Å². The summed E-state index contributed by atoms with van der Waals surface area (Å²) in [7, 11) is 0. The van der Waals surface area contributed by atoms with Crippen molar-refractivity contribution in [3.8, 4) is 5.19 Å². The first kappa shape index (κ1) is 9.74. The van der Waals surface area contributed by atoms with Crippen molar-refractivity contribution in [3.05, 3.63) is 48.2 Å². The van der Waals surface area contributed by atoms with Crippen molar-refractivity contribution in [1.82, 2.24) is 4.98 Å². The van der Waals surface area contributed by atoms with Crippen LogP contribution in [0.3, 0.4) is 0 Å². The van der Waals surface area contributed by atoms with E-state index < -0.39 is 0 Å². The summed E-state index contributed by atoms with van der Waals surface area (Å²) in [6.07, 6.45) is 5.25. The van der Waals surface area contributed by atoms with Crippen molar-refractivity contribution in [3.63, 3.8) is 0 Å². The normalized spacial score (nSPS) is 11.0. The van der Waals surface area contributed by atoms with Crippen molar-refractivity contribution >= 4 is 11.3 Å². The van der Waals surface area contributed by atoms with E-state index in [0.29, 0.717) is 11.0 Å². The lowest BCUT2D eigenvalue weighted by Crippen LogP contribution is -1.89. The molecular weight excluding hydrogens is 182 g/mol. The monoisotopic (exact) mass is 193 g/mol. The Kier molecular flexibility index (Phi) is 3.46. The molecule has 0 aromatic carbocycles. The second-order valence-electron chi connectivity index (χ2n) is 2.46. The zero-order valence-electron chi connectivity index (χ0n) is 7.49. The summed E-state index contributed by atoms with van der Waals surface area (Å²) in [5.74, 6) is 0.576. The van der Waals surface area contributed by atoms with E-state index in [1.807, 2.05) is 18.4 Å². The molecule has 0 saturated heterocycles. The van der Waals surface area contributed by atoms with Gasteiger partial charge in [0.25, 0.3) is 5.19 Å². The first-order chi connectivity index (χ1) is 6.22. The van der Waals surface area contributed by atoms with Gasteiger partial charge in [-0.15, -0.1) is 0 Å². The average molecular weight is 193 g/mol. The van der Waals surface area contributed by atoms with Gasteiger partial charge in [0.05, 0.1) is 0 Å². The third-order valence-electron chi connectivity index (χ3n) is 1.34. The maximum atomic E-state index is 5.32. The quantitative estimate of drug-likeness (QED) is 0.541. The van der Waals surface area contributed by atoms with Crippen LogP contribution in [-0.4, -0.2) is 4.98 Å². The summed E-state index contributed by atoms with van der Waals surface area (Å²) in [5.41, 5.74) is 1.02. The molecule has 1 rings (SSSR count). The van der Waals surface area contributed by atoms with Crippen molar-refractivity contribution in [1.29, 1.82) is 0 Å². The Morgan fingerprint density at radius 2 is 2.46 bits per heavy atom. The van der Waals surface area contributed by atoms with E-state index in [4.69, 9.17) is 4.74 Å². The molecule has 13 heavy (non-hydrogen) atoms. The van der Waals surface area contributed by atoms with Crippen LogP contribution >= 0.6 is 11.3 Å². The molecule has 68 valence electrons. The molecule has 0 spiro atoms. The molecule has 0 aliphatic heterocycles. The van der Waals surface area contributed by atoms with Crippen LogP contribution in [0.25, 0.3) is 0 Å². The molecular formula is C10H11NOS. The fourth-order valence-electron chi connectivity index (χ4n) is 0.715. The van der Waals surface area contributed by atoms with Crippen LogP contribution in [0.5, 0.6) is 5.19 Å². The first-order valence-corrected chi connectivity index (χ1v) is 4.67. The first-order valence-electron chi connectivity index (χ1n) is 3.79. The molecule has 0 atom stereocenters. The Morgan fingerprint density at radius 3 is 3.00 bits per heavy atom. The smallest absolute Gasteiger partial charge is 0.278 e. The third-order valence-corrected chi connectivity index (χ3v) is 1.99. The molecule has 0 aliphatic rings. The number of ether oxygens (including phenoxy) is 1. The van der Waals surface area contributed by atoms with Gasteiger partial charge >= 0.3 is 0 Å². The van der Waals surface area contributed by atoms with E-state index in [-0.39, 0.29) is 0 Å². The van der Waals surface area contributed by atoms with Gasteiger partial charge in [0, 0.05) is 11.6 Å². The molecule has 0 radical (unpaired) electrons. The van der Waals surface area contributed by atoms with Gasteiger partial charge in [-0.1, -0.05) is 30.6 Å². The van der Waals surface area contributed by atoms with Crippen molar-refractivity contribution < 1.29 is 4.74 Å². The number of rotatable bonds is 4. The maximum Gasteiger partial charge on any atom is 0.278 e. The Bertz CT molecular complexity index is 325. The molecule has 1 aromatic rings. The highest BCUT2D eigenvalue weighted by Crippen LogP contribution is 2.17. The van der Waals surface area contributed by atoms with Crippen LogP contribution in [0.2, 0.25) is 0 Å². The molecule has 0 amide bonds. The molecule has 0 aliphatic carbocycles. The van der Waals surface area contributed by atoms with E-state index in [1.54, 1.807) is 12.3 Å². The number of hydrogen-bond donors (Lipinski definition) is 0. The number of thiazole rings is 1. The van der Waals surface area contributed by atoms with Gasteiger partial charge in [0.1, 0.15) is 5.76 Å². The standard InChI is InChI=1S/C10H11NOS/c1-4-8(2)7-9(3)12-10-11-5-6-13-10/h4-7H,1,3H2,2H3/b8-7-. The van der Waals surface area contributed by atoms with E-state index in [2.05, 4.69) is 18.1 Å². The minimum absolute atomic E-state index is 0.576. The van der Waals surface area contributed by atoms with Gasteiger partial charge < -0.3 is 4.74 Å². The summed E-state index contributed by atoms with van der Waals surface area (Å²) in [6, 6.07) is 0. The summed E-state index contributed by atoms with van der Waals surface area (Å²) in [4.78, 5) is 3.97. The van der Waals surface area contributed by atoms with Crippen LogP contribution in [0.1, 0.15) is 6.92 Å². The largest absolute Gasteiger partial charge is 0.432 e. The topological polar surface area (TPSA) is 22.1 Å². The number of allylic oxidation sites excluding steroid dienone is 3. The second kappa shape index (κ2) is 4.62. The lowest BCUT2D eigenvalue weighted by Gasteiger charge is -2.00. The number of hydrogen-bond acceptors (Lipinski definition) is 3. The highest BCUT2D eigenvalue weighted by molar-refractivity contribution is 7.11. The molecule has 3 heteroatoms. The van der Waals surface area contributed by atoms with Gasteiger partial charge in [-0.05, 0) is 18.6 Å². The summed E-state index contributed by atoms with van der Waals surface area (Å²) in [5, 5.41) is 2.46. The molecule has 0 saturated carbocycles. The molecule has 1 aromatic heterocycles. The molecule has 0 N–H and O–H groups in total. The van der Waals surface area contributed by atoms with Crippen molar-refractivity contribution in [2.24, 2.45) is 0 Å². The molecule has 0 unspecified atom stereocenters. The summed E-state index contributed by atoms with van der Waals surface area (Å²) < 4.78 is 5.32. The van der Waals surface area contributed by atoms with Gasteiger partial charge in [-0.2, -0.15) is 0 Å². The summed E-state index contributed by atoms with van der Waals surface area (Å²) >= 11 is 1.44. The fourth-order valence-corrected chi connectivity index (χ4v) is 1.23. The number of aromatic nitrogens is 1. The van der Waals surface area contributed by atoms with Crippen LogP contribution in [0, 0.1) is 0 Å². The molecule has 1 heterocycles. The van der Waals surface area contributed by atoms with Gasteiger partial charge in [0.15, 0.2) is 0 Å². The lowest BCUT2D eigenvalue weighted by molar-refractivity contribution is 0.443. The maximum absolute atomic E-state index is 5.32. The van der Waals surface area contributed by atoms with Crippen LogP contribution in [0.15, 0.2) is 48.2 Å². The Hall–Kier alpha value is -1.35. The molecule has 0 bridgehead atoms. The van der Waals surface area contributed by atoms with Crippen LogP contribution in [-0.2, 0) is 0 Å². The van der Waals surface area contributed by atoms with Crippen LogP contribution in [0.4, 0.5) is 0 Å². The predicted molar refractivity (Wildman–Crippen MR) is 55.8 cm³/mol. The predicted octanol–water partition coefficient (Wildman–Crippen LogP) is 3.17. The van der Waals surface area contributed by atoms with E-state index in [1.165, 1.54) is 11.3 Å². The van der Waals surface area contributed by atoms with Crippen LogP contribution < -0.4 is 4.74 Å². The molecule has 2 nitrogen and oxygen atoms in total. The highest BCUT2D eigenvalue weighted by atomic mass is 32.1. The van der Waals surface area contributed by atoms with E-state index in [0.717, 1.165) is 5.57 Å². The van der Waals surface area contributed by atoms with Crippen molar-refractivity contribution in [2.75, 3.05) is 0 Å². The minimum Gasteiger partial charge on any atom is -0.432 e. The summed E-state index contributed by atoms with van der Waals surface area (Å²) in [6.45, 7) is 9.30. The molecule has 0 fully saturated rings. The Morgan fingerprint density at radius 1 is 1.69 bits per heavy atom. The number of nitrogens with zero attached hydrogens (tertiary/aromatic N) is 1. The van der Waals surface area contributed by atoms with Crippen molar-refractivity contribution in [2.45, 2.75) is 6.92 Å². The highest BCUT2D eigenvalue weighted by Gasteiger charge is 1.96. The zero-order valence-corrected chi connectivity index (χ0v) is 8.30. The average Bonchev–Trinajstić information content (AvgIpc) is 2.56. The fraction of sp³-hybridized carbons (Fsp3) is 0.100. The third kappa shape index (κ3) is 3.25. The Labute approximate surface area is 81.9 Å². The van der Waals surface area contributed by atoms with Gasteiger partial charge in [-0.25, -0.2) is 4.98 Å². The second-order valence-corrected chi connectivity index (χ2v) is 3.32. The SMILES string of the molecule is C=C/C(C)=C\C(=C)Oc1nccs1. The lowest BCUT2D eigenvalue weighted by atomic mass is 10.3. The minimum atomic E-state index is 0.576.